The first kappa shape index (κ1) is 12.8. The Labute approximate surface area is 87.5 Å². The van der Waals surface area contributed by atoms with E-state index in [1.54, 1.807) is 0 Å². The molecule has 0 aromatic heterocycles. The van der Waals surface area contributed by atoms with Gasteiger partial charge in [-0.15, -0.1) is 0 Å². The fraction of sp³-hybridized carbons (Fsp3) is 0.667. The van der Waals surface area contributed by atoms with E-state index in [9.17, 15) is 0 Å². The molecule has 0 saturated carbocycles. The SMILES string of the molecule is C=C(CSC/C=C\CC)C(C)(C)C. The Balaban J connectivity index is 3.55. The van der Waals surface area contributed by atoms with Crippen molar-refractivity contribution in [3.63, 3.8) is 0 Å². The molecule has 0 aliphatic carbocycles. The van der Waals surface area contributed by atoms with Gasteiger partial charge in [0.25, 0.3) is 0 Å². The van der Waals surface area contributed by atoms with E-state index in [0.29, 0.717) is 0 Å². The molecule has 0 aliphatic rings. The maximum Gasteiger partial charge on any atom is 0.0148 e. The molecule has 0 rings (SSSR count). The number of rotatable bonds is 5. The molecule has 0 atom stereocenters. The van der Waals surface area contributed by atoms with Crippen LogP contribution >= 0.6 is 11.8 Å². The number of thioether (sulfide) groups is 1. The zero-order valence-corrected chi connectivity index (χ0v) is 10.2. The monoisotopic (exact) mass is 198 g/mol. The molecule has 0 bridgehead atoms. The minimum absolute atomic E-state index is 0.265. The lowest BCUT2D eigenvalue weighted by atomic mass is 9.89. The van der Waals surface area contributed by atoms with E-state index < -0.39 is 0 Å². The van der Waals surface area contributed by atoms with Gasteiger partial charge in [-0.25, -0.2) is 0 Å². The molecule has 0 saturated heterocycles. The van der Waals surface area contributed by atoms with Gasteiger partial charge in [-0.1, -0.05) is 52.0 Å². The molecule has 0 spiro atoms. The van der Waals surface area contributed by atoms with Crippen molar-refractivity contribution in [2.45, 2.75) is 34.1 Å². The zero-order chi connectivity index (χ0) is 10.3. The lowest BCUT2D eigenvalue weighted by molar-refractivity contribution is 0.508. The number of allylic oxidation sites excluding steroid dienone is 1. The zero-order valence-electron chi connectivity index (χ0n) is 9.39. The van der Waals surface area contributed by atoms with E-state index >= 15 is 0 Å². The summed E-state index contributed by atoms with van der Waals surface area (Å²) in [6.07, 6.45) is 5.59. The van der Waals surface area contributed by atoms with E-state index in [-0.39, 0.29) is 5.41 Å². The first-order chi connectivity index (χ1) is 5.98. The van der Waals surface area contributed by atoms with Gasteiger partial charge in [0.1, 0.15) is 0 Å². The van der Waals surface area contributed by atoms with E-state index in [2.05, 4.69) is 46.4 Å². The predicted octanol–water partition coefficient (Wildman–Crippen LogP) is 4.29. The molecule has 0 amide bonds. The average molecular weight is 198 g/mol. The normalized spacial score (nSPS) is 12.3. The minimum Gasteiger partial charge on any atom is -0.153 e. The predicted molar refractivity (Wildman–Crippen MR) is 65.4 cm³/mol. The Bertz CT molecular complexity index is 172. The Kier molecular flexibility index (Phi) is 6.23. The van der Waals surface area contributed by atoms with Crippen molar-refractivity contribution in [1.29, 1.82) is 0 Å². The van der Waals surface area contributed by atoms with Crippen molar-refractivity contribution in [3.8, 4) is 0 Å². The average Bonchev–Trinajstić information content (AvgIpc) is 2.02. The highest BCUT2D eigenvalue weighted by atomic mass is 32.2. The summed E-state index contributed by atoms with van der Waals surface area (Å²) in [5.41, 5.74) is 1.60. The highest BCUT2D eigenvalue weighted by Crippen LogP contribution is 2.26. The smallest absolute Gasteiger partial charge is 0.0148 e. The van der Waals surface area contributed by atoms with Crippen LogP contribution in [0.25, 0.3) is 0 Å². The standard InChI is InChI=1S/C12H22S/c1-6-7-8-9-13-10-11(2)12(3,4)5/h7-8H,2,6,9-10H2,1,3-5H3/b8-7-. The largest absolute Gasteiger partial charge is 0.153 e. The quantitative estimate of drug-likeness (QED) is 0.469. The van der Waals surface area contributed by atoms with Crippen LogP contribution in [0, 0.1) is 5.41 Å². The van der Waals surface area contributed by atoms with Crippen LogP contribution in [-0.2, 0) is 0 Å². The molecule has 0 aromatic carbocycles. The minimum atomic E-state index is 0.265. The lowest BCUT2D eigenvalue weighted by Crippen LogP contribution is -2.10. The maximum atomic E-state index is 4.10. The van der Waals surface area contributed by atoms with Crippen molar-refractivity contribution < 1.29 is 0 Å². The summed E-state index contributed by atoms with van der Waals surface area (Å²) >= 11 is 1.94. The molecule has 0 fully saturated rings. The van der Waals surface area contributed by atoms with Crippen molar-refractivity contribution in [2.24, 2.45) is 5.41 Å². The lowest BCUT2D eigenvalue weighted by Gasteiger charge is -2.21. The summed E-state index contributed by atoms with van der Waals surface area (Å²) in [5.74, 6) is 2.19. The molecule has 0 nitrogen and oxygen atoms in total. The first-order valence-corrected chi connectivity index (χ1v) is 6.05. The van der Waals surface area contributed by atoms with Crippen LogP contribution in [0.1, 0.15) is 34.1 Å². The molecule has 0 heterocycles. The van der Waals surface area contributed by atoms with E-state index in [1.807, 2.05) is 11.8 Å². The van der Waals surface area contributed by atoms with Crippen LogP contribution in [0.4, 0.5) is 0 Å². The molecule has 0 N–H and O–H groups in total. The third-order valence-electron chi connectivity index (χ3n) is 1.95. The van der Waals surface area contributed by atoms with Crippen LogP contribution in [0.3, 0.4) is 0 Å². The molecule has 0 radical (unpaired) electrons. The van der Waals surface area contributed by atoms with Gasteiger partial charge in [-0.05, 0) is 11.8 Å². The Hall–Kier alpha value is -0.170. The van der Waals surface area contributed by atoms with Crippen LogP contribution < -0.4 is 0 Å². The van der Waals surface area contributed by atoms with Crippen molar-refractivity contribution in [1.82, 2.24) is 0 Å². The van der Waals surface area contributed by atoms with Gasteiger partial charge in [0, 0.05) is 11.5 Å². The first-order valence-electron chi connectivity index (χ1n) is 4.89. The van der Waals surface area contributed by atoms with Gasteiger partial charge in [0.2, 0.25) is 0 Å². The molecule has 0 aliphatic heterocycles. The van der Waals surface area contributed by atoms with E-state index in [1.165, 1.54) is 5.57 Å². The van der Waals surface area contributed by atoms with Crippen molar-refractivity contribution in [2.75, 3.05) is 11.5 Å². The van der Waals surface area contributed by atoms with E-state index in [0.717, 1.165) is 17.9 Å². The summed E-state index contributed by atoms with van der Waals surface area (Å²) in [4.78, 5) is 0. The molecular weight excluding hydrogens is 176 g/mol. The molecule has 1 heteroatoms. The van der Waals surface area contributed by atoms with Crippen molar-refractivity contribution in [3.05, 3.63) is 24.3 Å². The van der Waals surface area contributed by atoms with Gasteiger partial charge in [0.05, 0.1) is 0 Å². The fourth-order valence-corrected chi connectivity index (χ4v) is 1.77. The molecule has 76 valence electrons. The van der Waals surface area contributed by atoms with Gasteiger partial charge < -0.3 is 0 Å². The summed E-state index contributed by atoms with van der Waals surface area (Å²) in [6, 6.07) is 0. The molecular formula is C12H22S. The van der Waals surface area contributed by atoms with E-state index in [4.69, 9.17) is 0 Å². The second-order valence-electron chi connectivity index (χ2n) is 4.25. The van der Waals surface area contributed by atoms with Crippen LogP contribution in [0.2, 0.25) is 0 Å². The molecule has 0 aromatic rings. The van der Waals surface area contributed by atoms with Crippen molar-refractivity contribution >= 4 is 11.8 Å². The third-order valence-corrected chi connectivity index (χ3v) is 2.93. The number of hydrogen-bond donors (Lipinski definition) is 0. The van der Waals surface area contributed by atoms with Gasteiger partial charge in [0.15, 0.2) is 0 Å². The van der Waals surface area contributed by atoms with Gasteiger partial charge >= 0.3 is 0 Å². The summed E-state index contributed by atoms with van der Waals surface area (Å²) in [7, 11) is 0. The summed E-state index contributed by atoms with van der Waals surface area (Å²) < 4.78 is 0. The van der Waals surface area contributed by atoms with Crippen LogP contribution in [-0.4, -0.2) is 11.5 Å². The summed E-state index contributed by atoms with van der Waals surface area (Å²) in [5, 5.41) is 0. The van der Waals surface area contributed by atoms with Crippen LogP contribution in [0.5, 0.6) is 0 Å². The van der Waals surface area contributed by atoms with Gasteiger partial charge in [-0.3, -0.25) is 0 Å². The Morgan fingerprint density at radius 2 is 1.92 bits per heavy atom. The molecule has 13 heavy (non-hydrogen) atoms. The Morgan fingerprint density at radius 1 is 1.31 bits per heavy atom. The molecule has 0 unspecified atom stereocenters. The second kappa shape index (κ2) is 6.31. The topological polar surface area (TPSA) is 0 Å². The van der Waals surface area contributed by atoms with Crippen LogP contribution in [0.15, 0.2) is 24.3 Å². The Morgan fingerprint density at radius 3 is 2.38 bits per heavy atom. The van der Waals surface area contributed by atoms with Gasteiger partial charge in [-0.2, -0.15) is 11.8 Å². The maximum absolute atomic E-state index is 4.10. The fourth-order valence-electron chi connectivity index (χ4n) is 0.701. The summed E-state index contributed by atoms with van der Waals surface area (Å²) in [6.45, 7) is 12.9. The number of hydrogen-bond acceptors (Lipinski definition) is 1. The third kappa shape index (κ3) is 6.94. The highest BCUT2D eigenvalue weighted by Gasteiger charge is 2.13. The second-order valence-corrected chi connectivity index (χ2v) is 5.28. The highest BCUT2D eigenvalue weighted by molar-refractivity contribution is 7.99.